The summed E-state index contributed by atoms with van der Waals surface area (Å²) >= 11 is 0. The number of nitrogens with one attached hydrogen (secondary N) is 1. The van der Waals surface area contributed by atoms with Gasteiger partial charge >= 0.3 is 0 Å². The van der Waals surface area contributed by atoms with Crippen LogP contribution in [0.2, 0.25) is 0 Å². The van der Waals surface area contributed by atoms with Crippen LogP contribution in [0.1, 0.15) is 6.92 Å². The number of pyridine rings is 1. The van der Waals surface area contributed by atoms with Crippen molar-refractivity contribution in [3.05, 3.63) is 34.7 Å². The van der Waals surface area contributed by atoms with Gasteiger partial charge in [-0.1, -0.05) is 13.0 Å². The van der Waals surface area contributed by atoms with Crippen molar-refractivity contribution >= 4 is 0 Å². The molecule has 0 amide bonds. The lowest BCUT2D eigenvalue weighted by Gasteiger charge is -2.21. The van der Waals surface area contributed by atoms with Gasteiger partial charge in [0.1, 0.15) is 0 Å². The molecule has 1 N–H and O–H groups in total. The molecule has 1 unspecified atom stereocenters. The van der Waals surface area contributed by atoms with Gasteiger partial charge in [-0.15, -0.1) is 0 Å². The van der Waals surface area contributed by atoms with E-state index in [9.17, 15) is 4.79 Å². The summed E-state index contributed by atoms with van der Waals surface area (Å²) in [5.74, 6) is 0.623. The van der Waals surface area contributed by atoms with Crippen LogP contribution in [0, 0.1) is 5.92 Å². The van der Waals surface area contributed by atoms with Crippen molar-refractivity contribution in [1.29, 1.82) is 0 Å². The van der Waals surface area contributed by atoms with Crippen LogP contribution < -0.4 is 10.9 Å². The van der Waals surface area contributed by atoms with Gasteiger partial charge < -0.3 is 14.8 Å². The van der Waals surface area contributed by atoms with E-state index in [1.165, 1.54) is 0 Å². The van der Waals surface area contributed by atoms with E-state index in [-0.39, 0.29) is 5.56 Å². The van der Waals surface area contributed by atoms with Crippen molar-refractivity contribution in [2.45, 2.75) is 13.5 Å². The molecule has 0 fully saturated rings. The lowest BCUT2D eigenvalue weighted by molar-refractivity contribution is 0.272. The maximum absolute atomic E-state index is 11.5. The summed E-state index contributed by atoms with van der Waals surface area (Å²) in [7, 11) is 4.07. The van der Waals surface area contributed by atoms with E-state index in [0.29, 0.717) is 5.92 Å². The fourth-order valence-corrected chi connectivity index (χ4v) is 1.96. The first-order chi connectivity index (χ1) is 8.13. The average molecular weight is 237 g/mol. The zero-order valence-corrected chi connectivity index (χ0v) is 11.0. The van der Waals surface area contributed by atoms with Crippen LogP contribution in [-0.4, -0.2) is 43.2 Å². The Hall–Kier alpha value is -1.13. The third kappa shape index (κ3) is 5.15. The molecular formula is C13H23N3O. The first kappa shape index (κ1) is 13.9. The number of nitrogens with zero attached hydrogens (tertiary/aromatic N) is 2. The standard InChI is InChI=1S/C13H23N3O/c1-12(10-14-2)11-15(3)8-9-16-7-5-4-6-13(16)17/h4-7,12,14H,8-11H2,1-3H3. The van der Waals surface area contributed by atoms with Crippen molar-refractivity contribution in [2.24, 2.45) is 5.92 Å². The van der Waals surface area contributed by atoms with Gasteiger partial charge in [0.05, 0.1) is 0 Å². The van der Waals surface area contributed by atoms with E-state index in [2.05, 4.69) is 24.2 Å². The molecule has 4 heteroatoms. The van der Waals surface area contributed by atoms with Gasteiger partial charge in [0.2, 0.25) is 0 Å². The summed E-state index contributed by atoms with van der Waals surface area (Å²) in [6, 6.07) is 5.27. The highest BCUT2D eigenvalue weighted by Crippen LogP contribution is 1.96. The van der Waals surface area contributed by atoms with Crippen molar-refractivity contribution in [3.63, 3.8) is 0 Å². The van der Waals surface area contributed by atoms with Crippen molar-refractivity contribution in [3.8, 4) is 0 Å². The Morgan fingerprint density at radius 3 is 2.88 bits per heavy atom. The Labute approximate surface area is 103 Å². The average Bonchev–Trinajstić information content (AvgIpc) is 2.28. The Kier molecular flexibility index (Phi) is 5.94. The van der Waals surface area contributed by atoms with Gasteiger partial charge in [0.25, 0.3) is 5.56 Å². The van der Waals surface area contributed by atoms with Gasteiger partial charge in [-0.3, -0.25) is 4.79 Å². The SMILES string of the molecule is CNCC(C)CN(C)CCn1ccccc1=O. The van der Waals surface area contributed by atoms with E-state index < -0.39 is 0 Å². The minimum absolute atomic E-state index is 0.0733. The van der Waals surface area contributed by atoms with Crippen LogP contribution in [0.5, 0.6) is 0 Å². The maximum atomic E-state index is 11.5. The maximum Gasteiger partial charge on any atom is 0.250 e. The van der Waals surface area contributed by atoms with E-state index in [0.717, 1.165) is 26.2 Å². The predicted octanol–water partition coefficient (Wildman–Crippen LogP) is 0.636. The van der Waals surface area contributed by atoms with Gasteiger partial charge in [-0.25, -0.2) is 0 Å². The van der Waals surface area contributed by atoms with Crippen LogP contribution in [0.4, 0.5) is 0 Å². The summed E-state index contributed by atoms with van der Waals surface area (Å²) in [5.41, 5.74) is 0.0733. The number of likely N-dealkylation sites (N-methyl/N-ethyl adjacent to an activating group) is 1. The quantitative estimate of drug-likeness (QED) is 0.756. The minimum atomic E-state index is 0.0733. The molecule has 1 atom stereocenters. The zero-order chi connectivity index (χ0) is 12.7. The molecule has 0 spiro atoms. The second-order valence-electron chi connectivity index (χ2n) is 4.66. The lowest BCUT2D eigenvalue weighted by atomic mass is 10.1. The summed E-state index contributed by atoms with van der Waals surface area (Å²) in [6.07, 6.45) is 1.84. The van der Waals surface area contributed by atoms with E-state index in [4.69, 9.17) is 0 Å². The number of hydrogen-bond donors (Lipinski definition) is 1. The molecule has 17 heavy (non-hydrogen) atoms. The number of aromatic nitrogens is 1. The fourth-order valence-electron chi connectivity index (χ4n) is 1.96. The molecule has 0 aliphatic heterocycles. The third-order valence-corrected chi connectivity index (χ3v) is 2.80. The molecule has 1 aromatic rings. The molecule has 0 saturated heterocycles. The molecule has 4 nitrogen and oxygen atoms in total. The van der Waals surface area contributed by atoms with E-state index in [1.807, 2.05) is 19.3 Å². The Bertz CT molecular complexity index is 375. The van der Waals surface area contributed by atoms with Gasteiger partial charge in [0.15, 0.2) is 0 Å². The van der Waals surface area contributed by atoms with Crippen molar-refractivity contribution in [1.82, 2.24) is 14.8 Å². The van der Waals surface area contributed by atoms with E-state index in [1.54, 1.807) is 16.7 Å². The summed E-state index contributed by atoms with van der Waals surface area (Å²) in [5, 5.41) is 3.17. The Morgan fingerprint density at radius 2 is 2.24 bits per heavy atom. The second-order valence-corrected chi connectivity index (χ2v) is 4.66. The Balaban J connectivity index is 2.36. The predicted molar refractivity (Wildman–Crippen MR) is 71.3 cm³/mol. The highest BCUT2D eigenvalue weighted by Gasteiger charge is 2.05. The molecule has 0 aliphatic rings. The molecule has 0 bridgehead atoms. The molecule has 0 aromatic carbocycles. The zero-order valence-electron chi connectivity index (χ0n) is 11.0. The molecule has 1 heterocycles. The summed E-state index contributed by atoms with van der Waals surface area (Å²) in [6.45, 7) is 5.94. The van der Waals surface area contributed by atoms with Crippen molar-refractivity contribution < 1.29 is 0 Å². The van der Waals surface area contributed by atoms with Gasteiger partial charge in [-0.05, 0) is 32.6 Å². The molecular weight excluding hydrogens is 214 g/mol. The summed E-state index contributed by atoms with van der Waals surface area (Å²) < 4.78 is 1.75. The third-order valence-electron chi connectivity index (χ3n) is 2.80. The highest BCUT2D eigenvalue weighted by atomic mass is 16.1. The molecule has 0 radical (unpaired) electrons. The molecule has 1 rings (SSSR count). The van der Waals surface area contributed by atoms with Crippen LogP contribution in [0.3, 0.4) is 0 Å². The lowest BCUT2D eigenvalue weighted by Crippen LogP contribution is -2.33. The molecule has 96 valence electrons. The largest absolute Gasteiger partial charge is 0.319 e. The first-order valence-corrected chi connectivity index (χ1v) is 6.12. The molecule has 0 aliphatic carbocycles. The smallest absolute Gasteiger partial charge is 0.250 e. The van der Waals surface area contributed by atoms with Gasteiger partial charge in [0, 0.05) is 31.9 Å². The van der Waals surface area contributed by atoms with Gasteiger partial charge in [-0.2, -0.15) is 0 Å². The van der Waals surface area contributed by atoms with Crippen LogP contribution in [0.15, 0.2) is 29.2 Å². The fraction of sp³-hybridized carbons (Fsp3) is 0.615. The summed E-state index contributed by atoms with van der Waals surface area (Å²) in [4.78, 5) is 13.8. The van der Waals surface area contributed by atoms with Crippen LogP contribution in [0.25, 0.3) is 0 Å². The van der Waals surface area contributed by atoms with Crippen LogP contribution in [-0.2, 0) is 6.54 Å². The van der Waals surface area contributed by atoms with E-state index >= 15 is 0 Å². The highest BCUT2D eigenvalue weighted by molar-refractivity contribution is 4.93. The normalized spacial score (nSPS) is 12.9. The van der Waals surface area contributed by atoms with Crippen LogP contribution >= 0.6 is 0 Å². The molecule has 1 aromatic heterocycles. The second kappa shape index (κ2) is 7.25. The number of hydrogen-bond acceptors (Lipinski definition) is 3. The topological polar surface area (TPSA) is 37.3 Å². The minimum Gasteiger partial charge on any atom is -0.319 e. The number of rotatable bonds is 7. The Morgan fingerprint density at radius 1 is 1.47 bits per heavy atom. The molecule has 0 saturated carbocycles. The monoisotopic (exact) mass is 237 g/mol. The first-order valence-electron chi connectivity index (χ1n) is 6.12. The van der Waals surface area contributed by atoms with Crippen molar-refractivity contribution in [2.75, 3.05) is 33.7 Å².